The molecule has 2 heterocycles. The summed E-state index contributed by atoms with van der Waals surface area (Å²) in [7, 11) is 1.46. The highest BCUT2D eigenvalue weighted by molar-refractivity contribution is 7.99. The molecule has 0 N–H and O–H groups in total. The monoisotopic (exact) mass is 411 g/mol. The van der Waals surface area contributed by atoms with E-state index in [0.717, 1.165) is 31.3 Å². The van der Waals surface area contributed by atoms with Gasteiger partial charge >= 0.3 is 0 Å². The van der Waals surface area contributed by atoms with Gasteiger partial charge in [-0.25, -0.2) is 9.58 Å². The topological polar surface area (TPSA) is 74.8 Å². The Balaban J connectivity index is 1.65. The lowest BCUT2D eigenvalue weighted by molar-refractivity contribution is 0.0855. The molecule has 0 saturated carbocycles. The number of benzene rings is 2. The number of nitrogens with zero attached hydrogens (tertiary/aromatic N) is 5. The third-order valence-corrected chi connectivity index (χ3v) is 5.51. The maximum atomic E-state index is 12.5. The zero-order valence-electron chi connectivity index (χ0n) is 16.1. The smallest absolute Gasteiger partial charge is 0.267 e. The van der Waals surface area contributed by atoms with Crippen molar-refractivity contribution in [3.8, 4) is 6.19 Å². The third kappa shape index (κ3) is 4.09. The van der Waals surface area contributed by atoms with E-state index in [9.17, 15) is 4.79 Å². The molecular weight excluding hydrogens is 394 g/mol. The van der Waals surface area contributed by atoms with Gasteiger partial charge in [0, 0.05) is 34.6 Å². The molecule has 0 aliphatic heterocycles. The fourth-order valence-corrected chi connectivity index (χ4v) is 3.88. The number of fused-ring (bicyclic) bond motifs is 1. The Morgan fingerprint density at radius 2 is 2.00 bits per heavy atom. The zero-order valence-corrected chi connectivity index (χ0v) is 17.0. The summed E-state index contributed by atoms with van der Waals surface area (Å²) < 4.78 is 1.80. The molecule has 0 aliphatic carbocycles. The average Bonchev–Trinajstić information content (AvgIpc) is 3.20. The number of rotatable bonds is 5. The van der Waals surface area contributed by atoms with Crippen LogP contribution in [-0.4, -0.2) is 32.6 Å². The minimum atomic E-state index is -0.329. The van der Waals surface area contributed by atoms with Gasteiger partial charge in [-0.05, 0) is 42.5 Å². The number of nitriles is 1. The van der Waals surface area contributed by atoms with Crippen molar-refractivity contribution in [2.45, 2.75) is 9.79 Å². The number of carbonyl (C=O) groups is 1. The molecule has 6 nitrogen and oxygen atoms in total. The number of carbonyl (C=O) groups excluding carboxylic acids is 1. The molecule has 0 bridgehead atoms. The lowest BCUT2D eigenvalue weighted by Gasteiger charge is -2.11. The predicted octanol–water partition coefficient (Wildman–Crippen LogP) is 4.76. The molecule has 0 radical (unpaired) electrons. The molecule has 4 rings (SSSR count). The molecule has 0 fully saturated rings. The van der Waals surface area contributed by atoms with E-state index in [2.05, 4.69) is 10.1 Å². The van der Waals surface area contributed by atoms with Crippen LogP contribution >= 0.6 is 11.8 Å². The van der Waals surface area contributed by atoms with Crippen molar-refractivity contribution in [3.05, 3.63) is 84.3 Å². The van der Waals surface area contributed by atoms with Gasteiger partial charge in [0.15, 0.2) is 6.19 Å². The first-order valence-electron chi connectivity index (χ1n) is 9.17. The van der Waals surface area contributed by atoms with Gasteiger partial charge in [0.05, 0.1) is 23.0 Å². The van der Waals surface area contributed by atoms with Crippen LogP contribution in [0, 0.1) is 11.5 Å². The summed E-state index contributed by atoms with van der Waals surface area (Å²) in [5.41, 5.74) is 2.29. The first kappa shape index (κ1) is 19.4. The van der Waals surface area contributed by atoms with Crippen LogP contribution in [0.5, 0.6) is 0 Å². The van der Waals surface area contributed by atoms with E-state index in [1.807, 2.05) is 73.2 Å². The van der Waals surface area contributed by atoms with Crippen molar-refractivity contribution < 1.29 is 4.79 Å². The SMILES string of the molecule is CN(C#N)C(=O)c1ccccc1Sc1ccc2cnn(C=Cc3ccccn3)c2c1. The molecule has 2 aromatic heterocycles. The van der Waals surface area contributed by atoms with Crippen LogP contribution in [0.15, 0.2) is 82.8 Å². The maximum Gasteiger partial charge on any atom is 0.267 e. The Labute approximate surface area is 178 Å². The summed E-state index contributed by atoms with van der Waals surface area (Å²) in [6.07, 6.45) is 9.19. The van der Waals surface area contributed by atoms with Crippen LogP contribution in [0.1, 0.15) is 16.1 Å². The number of aromatic nitrogens is 3. The highest BCUT2D eigenvalue weighted by Crippen LogP contribution is 2.33. The van der Waals surface area contributed by atoms with Crippen molar-refractivity contribution in [3.63, 3.8) is 0 Å². The second kappa shape index (κ2) is 8.64. The van der Waals surface area contributed by atoms with E-state index in [0.29, 0.717) is 5.56 Å². The van der Waals surface area contributed by atoms with E-state index in [4.69, 9.17) is 5.26 Å². The van der Waals surface area contributed by atoms with Gasteiger partial charge in [-0.2, -0.15) is 10.4 Å². The van der Waals surface area contributed by atoms with Crippen molar-refractivity contribution in [2.24, 2.45) is 0 Å². The van der Waals surface area contributed by atoms with E-state index in [1.54, 1.807) is 23.0 Å². The zero-order chi connectivity index (χ0) is 20.9. The molecule has 2 aromatic carbocycles. The Kier molecular flexibility index (Phi) is 5.59. The molecule has 30 heavy (non-hydrogen) atoms. The van der Waals surface area contributed by atoms with Crippen molar-refractivity contribution >= 4 is 40.8 Å². The maximum absolute atomic E-state index is 12.5. The summed E-state index contributed by atoms with van der Waals surface area (Å²) >= 11 is 1.48. The quantitative estimate of drug-likeness (QED) is 0.349. The number of hydrogen-bond acceptors (Lipinski definition) is 5. The average molecular weight is 411 g/mol. The highest BCUT2D eigenvalue weighted by Gasteiger charge is 2.16. The van der Waals surface area contributed by atoms with E-state index < -0.39 is 0 Å². The Hall–Kier alpha value is -3.89. The summed E-state index contributed by atoms with van der Waals surface area (Å²) in [6, 6.07) is 19.1. The molecule has 0 spiro atoms. The van der Waals surface area contributed by atoms with Crippen LogP contribution < -0.4 is 0 Å². The van der Waals surface area contributed by atoms with Crippen LogP contribution in [0.2, 0.25) is 0 Å². The van der Waals surface area contributed by atoms with Crippen molar-refractivity contribution in [1.82, 2.24) is 19.7 Å². The molecule has 0 atom stereocenters. The summed E-state index contributed by atoms with van der Waals surface area (Å²) in [4.78, 5) is 19.6. The summed E-state index contributed by atoms with van der Waals surface area (Å²) in [5, 5.41) is 14.5. The van der Waals surface area contributed by atoms with Crippen LogP contribution in [0.3, 0.4) is 0 Å². The number of pyridine rings is 1. The summed E-state index contributed by atoms with van der Waals surface area (Å²) in [6.45, 7) is 0. The second-order valence-electron chi connectivity index (χ2n) is 6.44. The minimum absolute atomic E-state index is 0.329. The van der Waals surface area contributed by atoms with Gasteiger partial charge in [0.2, 0.25) is 0 Å². The largest absolute Gasteiger partial charge is 0.268 e. The number of hydrogen-bond donors (Lipinski definition) is 0. The molecule has 146 valence electrons. The van der Waals surface area contributed by atoms with Crippen LogP contribution in [0.25, 0.3) is 23.2 Å². The Bertz CT molecular complexity index is 1270. The fraction of sp³-hybridized carbons (Fsp3) is 0.0435. The minimum Gasteiger partial charge on any atom is -0.268 e. The van der Waals surface area contributed by atoms with E-state index >= 15 is 0 Å². The molecule has 0 saturated heterocycles. The Morgan fingerprint density at radius 3 is 2.80 bits per heavy atom. The van der Waals surface area contributed by atoms with Crippen molar-refractivity contribution in [2.75, 3.05) is 7.05 Å². The lowest BCUT2D eigenvalue weighted by atomic mass is 10.2. The molecule has 1 amide bonds. The predicted molar refractivity (Wildman–Crippen MR) is 117 cm³/mol. The summed E-state index contributed by atoms with van der Waals surface area (Å²) in [5.74, 6) is -0.329. The van der Waals surface area contributed by atoms with Gasteiger partial charge in [0.25, 0.3) is 5.91 Å². The highest BCUT2D eigenvalue weighted by atomic mass is 32.2. The lowest BCUT2D eigenvalue weighted by Crippen LogP contribution is -2.21. The molecular formula is C23H17N5OS. The molecule has 0 unspecified atom stereocenters. The fourth-order valence-electron chi connectivity index (χ4n) is 2.91. The Morgan fingerprint density at radius 1 is 1.17 bits per heavy atom. The molecule has 4 aromatic rings. The standard InChI is InChI=1S/C23H17N5OS/c1-27(16-24)23(29)20-7-2-3-8-22(20)30-19-10-9-17-15-26-28(21(17)14-19)13-11-18-6-4-5-12-25-18/h2-15H,1H3. The van der Waals surface area contributed by atoms with Gasteiger partial charge in [-0.3, -0.25) is 9.78 Å². The van der Waals surface area contributed by atoms with Gasteiger partial charge < -0.3 is 0 Å². The van der Waals surface area contributed by atoms with Crippen molar-refractivity contribution in [1.29, 1.82) is 5.26 Å². The first-order valence-corrected chi connectivity index (χ1v) is 9.98. The first-order chi connectivity index (χ1) is 14.7. The number of amides is 1. The second-order valence-corrected chi connectivity index (χ2v) is 7.56. The van der Waals surface area contributed by atoms with Crippen LogP contribution in [-0.2, 0) is 0 Å². The van der Waals surface area contributed by atoms with E-state index in [-0.39, 0.29) is 5.91 Å². The van der Waals surface area contributed by atoms with Gasteiger partial charge in [-0.1, -0.05) is 36.0 Å². The van der Waals surface area contributed by atoms with Gasteiger partial charge in [0.1, 0.15) is 0 Å². The third-order valence-electron chi connectivity index (χ3n) is 4.44. The van der Waals surface area contributed by atoms with Crippen LogP contribution in [0.4, 0.5) is 0 Å². The molecule has 7 heteroatoms. The van der Waals surface area contributed by atoms with Gasteiger partial charge in [-0.15, -0.1) is 0 Å². The molecule has 0 aliphatic rings. The van der Waals surface area contributed by atoms with E-state index in [1.165, 1.54) is 18.8 Å². The normalized spacial score (nSPS) is 10.9.